The summed E-state index contributed by atoms with van der Waals surface area (Å²) in [7, 11) is 0. The van der Waals surface area contributed by atoms with Gasteiger partial charge in [0.15, 0.2) is 0 Å². The van der Waals surface area contributed by atoms with E-state index in [4.69, 9.17) is 0 Å². The van der Waals surface area contributed by atoms with Crippen molar-refractivity contribution in [2.24, 2.45) is 11.0 Å². The molecule has 1 aliphatic rings. The van der Waals surface area contributed by atoms with Gasteiger partial charge >= 0.3 is 0 Å². The first-order chi connectivity index (χ1) is 11.4. The molecule has 2 N–H and O–H groups in total. The summed E-state index contributed by atoms with van der Waals surface area (Å²) in [6, 6.07) is 5.91. The lowest BCUT2D eigenvalue weighted by Gasteiger charge is -2.18. The highest BCUT2D eigenvalue weighted by Crippen LogP contribution is 2.21. The zero-order chi connectivity index (χ0) is 17.5. The van der Waals surface area contributed by atoms with Gasteiger partial charge in [-0.1, -0.05) is 19.1 Å². The number of carbonyl (C=O) groups excluding carboxylic acids is 2. The highest BCUT2D eigenvalue weighted by molar-refractivity contribution is 5.94. The summed E-state index contributed by atoms with van der Waals surface area (Å²) in [6.07, 6.45) is 4.56. The van der Waals surface area contributed by atoms with Crippen molar-refractivity contribution in [1.82, 2.24) is 5.43 Å². The van der Waals surface area contributed by atoms with Crippen molar-refractivity contribution in [2.75, 3.05) is 5.32 Å². The fraction of sp³-hybridized carbons (Fsp3) is 0.526. The normalized spacial score (nSPS) is 19.1. The first-order valence-electron chi connectivity index (χ1n) is 8.65. The molecule has 2 amide bonds. The van der Waals surface area contributed by atoms with Crippen LogP contribution in [0.4, 0.5) is 5.69 Å². The summed E-state index contributed by atoms with van der Waals surface area (Å²) in [5, 5.41) is 7.07. The van der Waals surface area contributed by atoms with Gasteiger partial charge in [-0.2, -0.15) is 5.10 Å². The van der Waals surface area contributed by atoms with Gasteiger partial charge in [-0.25, -0.2) is 5.43 Å². The summed E-state index contributed by atoms with van der Waals surface area (Å²) in [5.41, 5.74) is 6.54. The van der Waals surface area contributed by atoms with Crippen molar-refractivity contribution < 1.29 is 9.59 Å². The smallest absolute Gasteiger partial charge is 0.240 e. The van der Waals surface area contributed by atoms with Crippen LogP contribution in [0.3, 0.4) is 0 Å². The zero-order valence-electron chi connectivity index (χ0n) is 14.8. The summed E-state index contributed by atoms with van der Waals surface area (Å²) in [5.74, 6) is 0.271. The molecule has 0 heterocycles. The summed E-state index contributed by atoms with van der Waals surface area (Å²) < 4.78 is 0. The van der Waals surface area contributed by atoms with Crippen molar-refractivity contribution in [1.29, 1.82) is 0 Å². The molecule has 1 fully saturated rings. The van der Waals surface area contributed by atoms with Crippen LogP contribution in [0.5, 0.6) is 0 Å². The number of anilines is 1. The van der Waals surface area contributed by atoms with Gasteiger partial charge in [-0.15, -0.1) is 0 Å². The average molecular weight is 329 g/mol. The third kappa shape index (κ3) is 5.80. The molecule has 130 valence electrons. The molecule has 1 saturated carbocycles. The lowest BCUT2D eigenvalue weighted by Crippen LogP contribution is -2.23. The number of nitrogens with zero attached hydrogens (tertiary/aromatic N) is 1. The number of benzene rings is 1. The quantitative estimate of drug-likeness (QED) is 0.809. The van der Waals surface area contributed by atoms with Gasteiger partial charge in [-0.3, -0.25) is 9.59 Å². The summed E-state index contributed by atoms with van der Waals surface area (Å²) in [6.45, 7) is 6.13. The second-order valence-corrected chi connectivity index (χ2v) is 6.78. The van der Waals surface area contributed by atoms with Crippen LogP contribution in [0.1, 0.15) is 56.6 Å². The Hall–Kier alpha value is -2.17. The standard InChI is InChI=1S/C19H27N3O2/c1-13-5-4-6-16(11-13)21-22-19(24)10-9-18(23)20-17-12-14(2)7-8-15(17)3/h7-8,12-13H,4-6,9-11H2,1-3H3,(H,20,23)(H,22,24)/b21-16+/t13-/m1/s1. The Kier molecular flexibility index (Phi) is 6.53. The maximum Gasteiger partial charge on any atom is 0.240 e. The number of rotatable bonds is 5. The van der Waals surface area contributed by atoms with E-state index in [1.807, 2.05) is 32.0 Å². The molecule has 1 aromatic rings. The van der Waals surface area contributed by atoms with Gasteiger partial charge in [0.2, 0.25) is 11.8 Å². The van der Waals surface area contributed by atoms with Gasteiger partial charge in [-0.05, 0) is 62.6 Å². The molecule has 5 nitrogen and oxygen atoms in total. The monoisotopic (exact) mass is 329 g/mol. The molecule has 0 aromatic heterocycles. The molecule has 2 rings (SSSR count). The number of aryl methyl sites for hydroxylation is 2. The number of hydrazone groups is 1. The highest BCUT2D eigenvalue weighted by Gasteiger charge is 2.14. The Morgan fingerprint density at radius 2 is 1.96 bits per heavy atom. The maximum absolute atomic E-state index is 12.0. The van der Waals surface area contributed by atoms with Gasteiger partial charge in [0.05, 0.1) is 0 Å². The highest BCUT2D eigenvalue weighted by atomic mass is 16.2. The number of nitrogens with one attached hydrogen (secondary N) is 2. The second kappa shape index (κ2) is 8.62. The minimum Gasteiger partial charge on any atom is -0.326 e. The first kappa shape index (κ1) is 18.2. The predicted molar refractivity (Wildman–Crippen MR) is 97.0 cm³/mol. The Labute approximate surface area is 143 Å². The fourth-order valence-corrected chi connectivity index (χ4v) is 2.87. The van der Waals surface area contributed by atoms with Crippen LogP contribution in [0, 0.1) is 19.8 Å². The summed E-state index contributed by atoms with van der Waals surface area (Å²) in [4.78, 5) is 23.8. The number of carbonyl (C=O) groups is 2. The van der Waals surface area contributed by atoms with Gasteiger partial charge < -0.3 is 5.32 Å². The topological polar surface area (TPSA) is 70.6 Å². The van der Waals surface area contributed by atoms with E-state index in [0.717, 1.165) is 41.8 Å². The molecule has 0 aliphatic heterocycles. The molecule has 1 aromatic carbocycles. The predicted octanol–water partition coefficient (Wildman–Crippen LogP) is 3.70. The van der Waals surface area contributed by atoms with Crippen LogP contribution in [0.15, 0.2) is 23.3 Å². The van der Waals surface area contributed by atoms with Crippen LogP contribution in [-0.4, -0.2) is 17.5 Å². The van der Waals surface area contributed by atoms with Crippen molar-refractivity contribution in [3.05, 3.63) is 29.3 Å². The first-order valence-corrected chi connectivity index (χ1v) is 8.65. The lowest BCUT2D eigenvalue weighted by atomic mass is 9.89. The van der Waals surface area contributed by atoms with Crippen LogP contribution in [0.25, 0.3) is 0 Å². The van der Waals surface area contributed by atoms with E-state index in [1.54, 1.807) is 0 Å². The van der Waals surface area contributed by atoms with E-state index in [9.17, 15) is 9.59 Å². The number of amides is 2. The Morgan fingerprint density at radius 1 is 1.21 bits per heavy atom. The van der Waals surface area contributed by atoms with Crippen molar-refractivity contribution in [2.45, 2.75) is 59.3 Å². The van der Waals surface area contributed by atoms with Gasteiger partial charge in [0.1, 0.15) is 0 Å². The third-order valence-electron chi connectivity index (χ3n) is 4.33. The maximum atomic E-state index is 12.0. The molecule has 0 bridgehead atoms. The van der Waals surface area contributed by atoms with E-state index in [-0.39, 0.29) is 24.7 Å². The molecular weight excluding hydrogens is 302 g/mol. The molecule has 0 saturated heterocycles. The van der Waals surface area contributed by atoms with Crippen LogP contribution < -0.4 is 10.7 Å². The number of hydrogen-bond donors (Lipinski definition) is 2. The summed E-state index contributed by atoms with van der Waals surface area (Å²) >= 11 is 0. The largest absolute Gasteiger partial charge is 0.326 e. The molecule has 1 aliphatic carbocycles. The van der Waals surface area contributed by atoms with E-state index in [2.05, 4.69) is 22.8 Å². The fourth-order valence-electron chi connectivity index (χ4n) is 2.87. The zero-order valence-corrected chi connectivity index (χ0v) is 14.8. The second-order valence-electron chi connectivity index (χ2n) is 6.78. The molecular formula is C19H27N3O2. The van der Waals surface area contributed by atoms with E-state index in [0.29, 0.717) is 5.92 Å². The Bertz CT molecular complexity index is 637. The third-order valence-corrected chi connectivity index (χ3v) is 4.33. The Morgan fingerprint density at radius 3 is 2.71 bits per heavy atom. The van der Waals surface area contributed by atoms with E-state index < -0.39 is 0 Å². The average Bonchev–Trinajstić information content (AvgIpc) is 2.54. The molecule has 0 radical (unpaired) electrons. The van der Waals surface area contributed by atoms with Crippen LogP contribution in [0.2, 0.25) is 0 Å². The van der Waals surface area contributed by atoms with Crippen molar-refractivity contribution >= 4 is 23.2 Å². The van der Waals surface area contributed by atoms with Crippen LogP contribution in [-0.2, 0) is 9.59 Å². The Balaban J connectivity index is 1.76. The van der Waals surface area contributed by atoms with E-state index in [1.165, 1.54) is 6.42 Å². The molecule has 0 spiro atoms. The molecule has 1 atom stereocenters. The molecule has 24 heavy (non-hydrogen) atoms. The van der Waals surface area contributed by atoms with E-state index >= 15 is 0 Å². The van der Waals surface area contributed by atoms with Crippen LogP contribution >= 0.6 is 0 Å². The van der Waals surface area contributed by atoms with Gasteiger partial charge in [0.25, 0.3) is 0 Å². The van der Waals surface area contributed by atoms with Gasteiger partial charge in [0, 0.05) is 24.2 Å². The minimum absolute atomic E-state index is 0.142. The molecule has 0 unspecified atom stereocenters. The SMILES string of the molecule is Cc1ccc(C)c(NC(=O)CCC(=O)N/N=C2\CCC[C@@H](C)C2)c1. The minimum atomic E-state index is -0.211. The van der Waals surface area contributed by atoms with Crippen molar-refractivity contribution in [3.8, 4) is 0 Å². The number of hydrogen-bond acceptors (Lipinski definition) is 3. The molecule has 5 heteroatoms. The van der Waals surface area contributed by atoms with Crippen molar-refractivity contribution in [3.63, 3.8) is 0 Å². The lowest BCUT2D eigenvalue weighted by molar-refractivity contribution is -0.124.